The Balaban J connectivity index is 1.58. The monoisotopic (exact) mass is 400 g/mol. The molecule has 0 aliphatic carbocycles. The van der Waals surface area contributed by atoms with E-state index in [0.717, 1.165) is 28.8 Å². The molecule has 29 heavy (non-hydrogen) atoms. The van der Waals surface area contributed by atoms with Crippen LogP contribution in [0, 0.1) is 31.4 Å². The second kappa shape index (κ2) is 8.72. The SMILES string of the molecule is Cc1ccc(C)c(C(C)NC(=O)C2CCN(C(=O)c3ccc(F)cc3F)CC2)c1. The Morgan fingerprint density at radius 1 is 1.07 bits per heavy atom. The third-order valence-corrected chi connectivity index (χ3v) is 5.57. The summed E-state index contributed by atoms with van der Waals surface area (Å²) in [6, 6.07) is 9.02. The molecule has 1 N–H and O–H groups in total. The number of aryl methyl sites for hydroxylation is 2. The van der Waals surface area contributed by atoms with Gasteiger partial charge in [0.15, 0.2) is 0 Å². The summed E-state index contributed by atoms with van der Waals surface area (Å²) in [7, 11) is 0. The van der Waals surface area contributed by atoms with Gasteiger partial charge in [0, 0.05) is 25.1 Å². The molecular formula is C23H26F2N2O2. The largest absolute Gasteiger partial charge is 0.349 e. The smallest absolute Gasteiger partial charge is 0.256 e. The molecular weight excluding hydrogens is 374 g/mol. The van der Waals surface area contributed by atoms with Gasteiger partial charge in [0.05, 0.1) is 11.6 Å². The van der Waals surface area contributed by atoms with Gasteiger partial charge in [-0.25, -0.2) is 8.78 Å². The van der Waals surface area contributed by atoms with Gasteiger partial charge in [-0.3, -0.25) is 9.59 Å². The van der Waals surface area contributed by atoms with Crippen molar-refractivity contribution in [2.24, 2.45) is 5.92 Å². The molecule has 1 atom stereocenters. The van der Waals surface area contributed by atoms with Crippen LogP contribution in [0.4, 0.5) is 8.78 Å². The third kappa shape index (κ3) is 4.81. The highest BCUT2D eigenvalue weighted by molar-refractivity contribution is 5.94. The van der Waals surface area contributed by atoms with Gasteiger partial charge < -0.3 is 10.2 Å². The lowest BCUT2D eigenvalue weighted by Crippen LogP contribution is -2.43. The van der Waals surface area contributed by atoms with Crippen LogP contribution in [0.3, 0.4) is 0 Å². The van der Waals surface area contributed by atoms with Crippen molar-refractivity contribution in [3.63, 3.8) is 0 Å². The Morgan fingerprint density at radius 2 is 1.76 bits per heavy atom. The first-order valence-electron chi connectivity index (χ1n) is 9.88. The minimum atomic E-state index is -0.864. The van der Waals surface area contributed by atoms with Crippen LogP contribution in [0.1, 0.15) is 52.9 Å². The van der Waals surface area contributed by atoms with Crippen LogP contribution < -0.4 is 5.32 Å². The molecule has 1 aliphatic rings. The molecule has 1 fully saturated rings. The number of hydrogen-bond donors (Lipinski definition) is 1. The molecule has 3 rings (SSSR count). The minimum Gasteiger partial charge on any atom is -0.349 e. The highest BCUT2D eigenvalue weighted by Crippen LogP contribution is 2.23. The van der Waals surface area contributed by atoms with Gasteiger partial charge in [-0.15, -0.1) is 0 Å². The normalized spacial score (nSPS) is 15.8. The van der Waals surface area contributed by atoms with Crippen molar-refractivity contribution in [1.29, 1.82) is 0 Å². The number of carbonyl (C=O) groups excluding carboxylic acids is 2. The molecule has 1 saturated heterocycles. The Hall–Kier alpha value is -2.76. The first-order valence-corrected chi connectivity index (χ1v) is 9.88. The average molecular weight is 400 g/mol. The third-order valence-electron chi connectivity index (χ3n) is 5.57. The lowest BCUT2D eigenvalue weighted by molar-refractivity contribution is -0.127. The van der Waals surface area contributed by atoms with E-state index < -0.39 is 17.5 Å². The molecule has 0 bridgehead atoms. The van der Waals surface area contributed by atoms with Crippen molar-refractivity contribution >= 4 is 11.8 Å². The van der Waals surface area contributed by atoms with Crippen molar-refractivity contribution < 1.29 is 18.4 Å². The number of piperidine rings is 1. The highest BCUT2D eigenvalue weighted by atomic mass is 19.1. The van der Waals surface area contributed by atoms with Crippen LogP contribution in [0.25, 0.3) is 0 Å². The van der Waals surface area contributed by atoms with Gasteiger partial charge in [-0.1, -0.05) is 23.8 Å². The van der Waals surface area contributed by atoms with Crippen LogP contribution in [-0.4, -0.2) is 29.8 Å². The van der Waals surface area contributed by atoms with Crippen LogP contribution >= 0.6 is 0 Å². The number of benzene rings is 2. The molecule has 0 spiro atoms. The summed E-state index contributed by atoms with van der Waals surface area (Å²) in [6.45, 7) is 6.75. The summed E-state index contributed by atoms with van der Waals surface area (Å²) in [6.07, 6.45) is 1.03. The van der Waals surface area contributed by atoms with E-state index in [1.54, 1.807) is 0 Å². The Bertz CT molecular complexity index is 921. The topological polar surface area (TPSA) is 49.4 Å². The number of nitrogens with one attached hydrogen (secondary N) is 1. The summed E-state index contributed by atoms with van der Waals surface area (Å²) in [5, 5.41) is 3.08. The number of nitrogens with zero attached hydrogens (tertiary/aromatic N) is 1. The zero-order valence-electron chi connectivity index (χ0n) is 17.0. The molecule has 1 unspecified atom stereocenters. The predicted octanol–water partition coefficient (Wildman–Crippen LogP) is 4.31. The molecule has 6 heteroatoms. The van der Waals surface area contributed by atoms with Crippen LogP contribution in [0.15, 0.2) is 36.4 Å². The summed E-state index contributed by atoms with van der Waals surface area (Å²) in [5.74, 6) is -2.27. The quantitative estimate of drug-likeness (QED) is 0.831. The molecule has 2 aromatic rings. The van der Waals surface area contributed by atoms with E-state index in [1.807, 2.05) is 32.9 Å². The highest BCUT2D eigenvalue weighted by Gasteiger charge is 2.29. The fraction of sp³-hybridized carbons (Fsp3) is 0.391. The zero-order chi connectivity index (χ0) is 21.1. The molecule has 4 nitrogen and oxygen atoms in total. The first-order chi connectivity index (χ1) is 13.8. The van der Waals surface area contributed by atoms with Gasteiger partial charge in [0.1, 0.15) is 11.6 Å². The molecule has 2 amide bonds. The summed E-state index contributed by atoms with van der Waals surface area (Å²) < 4.78 is 26.9. The summed E-state index contributed by atoms with van der Waals surface area (Å²) in [5.41, 5.74) is 3.23. The standard InChI is InChI=1S/C23H26F2N2O2/c1-14-4-5-15(2)20(12-14)16(3)26-22(28)17-8-10-27(11-9-17)23(29)19-7-6-18(24)13-21(19)25/h4-7,12-13,16-17H,8-11H2,1-3H3,(H,26,28). The number of amides is 2. The Labute approximate surface area is 169 Å². The summed E-state index contributed by atoms with van der Waals surface area (Å²) in [4.78, 5) is 26.7. The maximum absolute atomic E-state index is 13.9. The van der Waals surface area contributed by atoms with E-state index in [-0.39, 0.29) is 23.4 Å². The molecule has 1 aliphatic heterocycles. The molecule has 1 heterocycles. The van der Waals surface area contributed by atoms with Crippen molar-refractivity contribution in [1.82, 2.24) is 10.2 Å². The van der Waals surface area contributed by atoms with Gasteiger partial charge in [-0.05, 0) is 56.9 Å². The second-order valence-electron chi connectivity index (χ2n) is 7.78. The van der Waals surface area contributed by atoms with Crippen molar-refractivity contribution in [2.75, 3.05) is 13.1 Å². The zero-order valence-corrected chi connectivity index (χ0v) is 17.0. The second-order valence-corrected chi connectivity index (χ2v) is 7.78. The molecule has 0 saturated carbocycles. The Kier molecular flexibility index (Phi) is 6.30. The van der Waals surface area contributed by atoms with Gasteiger partial charge in [-0.2, -0.15) is 0 Å². The number of hydrogen-bond acceptors (Lipinski definition) is 2. The molecule has 154 valence electrons. The maximum Gasteiger partial charge on any atom is 0.256 e. The maximum atomic E-state index is 13.9. The summed E-state index contributed by atoms with van der Waals surface area (Å²) >= 11 is 0. The number of carbonyl (C=O) groups is 2. The van der Waals surface area contributed by atoms with Crippen LogP contribution in [0.5, 0.6) is 0 Å². The number of likely N-dealkylation sites (tertiary alicyclic amines) is 1. The average Bonchev–Trinajstić information content (AvgIpc) is 2.69. The van der Waals surface area contributed by atoms with Gasteiger partial charge in [0.2, 0.25) is 5.91 Å². The van der Waals surface area contributed by atoms with E-state index >= 15 is 0 Å². The van der Waals surface area contributed by atoms with E-state index in [0.29, 0.717) is 32.0 Å². The predicted molar refractivity (Wildman–Crippen MR) is 107 cm³/mol. The minimum absolute atomic E-state index is 0.0292. The number of halogens is 2. The number of rotatable bonds is 4. The lowest BCUT2D eigenvalue weighted by Gasteiger charge is -2.32. The van der Waals surface area contributed by atoms with E-state index in [4.69, 9.17) is 0 Å². The van der Waals surface area contributed by atoms with Crippen molar-refractivity contribution in [3.05, 3.63) is 70.3 Å². The molecule has 0 radical (unpaired) electrons. The van der Waals surface area contributed by atoms with E-state index in [9.17, 15) is 18.4 Å². The van der Waals surface area contributed by atoms with Crippen molar-refractivity contribution in [3.8, 4) is 0 Å². The lowest BCUT2D eigenvalue weighted by atomic mass is 9.94. The van der Waals surface area contributed by atoms with E-state index in [2.05, 4.69) is 11.4 Å². The Morgan fingerprint density at radius 3 is 2.41 bits per heavy atom. The van der Waals surface area contributed by atoms with Gasteiger partial charge >= 0.3 is 0 Å². The molecule has 2 aromatic carbocycles. The fourth-order valence-corrected chi connectivity index (χ4v) is 3.81. The van der Waals surface area contributed by atoms with Crippen molar-refractivity contribution in [2.45, 2.75) is 39.7 Å². The van der Waals surface area contributed by atoms with Crippen LogP contribution in [0.2, 0.25) is 0 Å². The van der Waals surface area contributed by atoms with Gasteiger partial charge in [0.25, 0.3) is 5.91 Å². The first kappa shape index (κ1) is 21.0. The van der Waals surface area contributed by atoms with E-state index in [1.165, 1.54) is 4.90 Å². The fourth-order valence-electron chi connectivity index (χ4n) is 3.81. The molecule has 0 aromatic heterocycles. The van der Waals surface area contributed by atoms with Crippen LogP contribution in [-0.2, 0) is 4.79 Å².